The number of nitrogens with zero attached hydrogens (tertiary/aromatic N) is 2. The first-order valence-corrected chi connectivity index (χ1v) is 3.59. The molecule has 2 rings (SSSR count). The SMILES string of the molecule is NC1=C(Cl)C=N[C@@H]2N=CC=C12. The van der Waals surface area contributed by atoms with Crippen LogP contribution in [0.2, 0.25) is 0 Å². The third kappa shape index (κ3) is 0.886. The van der Waals surface area contributed by atoms with E-state index in [9.17, 15) is 0 Å². The molecule has 56 valence electrons. The third-order valence-corrected chi connectivity index (χ3v) is 1.96. The highest BCUT2D eigenvalue weighted by Crippen LogP contribution is 2.25. The van der Waals surface area contributed by atoms with Gasteiger partial charge in [-0.15, -0.1) is 0 Å². The van der Waals surface area contributed by atoms with Gasteiger partial charge in [0.2, 0.25) is 0 Å². The summed E-state index contributed by atoms with van der Waals surface area (Å²) in [5, 5.41) is 0.498. The number of halogens is 1. The van der Waals surface area contributed by atoms with Crippen molar-refractivity contribution in [3.8, 4) is 0 Å². The highest BCUT2D eigenvalue weighted by Gasteiger charge is 2.21. The molecule has 2 aliphatic heterocycles. The number of fused-ring (bicyclic) bond motifs is 1. The van der Waals surface area contributed by atoms with E-state index in [1.165, 1.54) is 0 Å². The Bertz CT molecular complexity index is 312. The van der Waals surface area contributed by atoms with Crippen molar-refractivity contribution >= 4 is 24.0 Å². The second-order valence-corrected chi connectivity index (χ2v) is 2.74. The molecule has 0 aromatic carbocycles. The van der Waals surface area contributed by atoms with E-state index in [0.29, 0.717) is 10.7 Å². The number of nitrogens with two attached hydrogens (primary N) is 1. The Balaban J connectivity index is 2.48. The summed E-state index contributed by atoms with van der Waals surface area (Å²) < 4.78 is 0. The maximum atomic E-state index is 5.74. The molecule has 2 heterocycles. The topological polar surface area (TPSA) is 50.7 Å². The van der Waals surface area contributed by atoms with Crippen molar-refractivity contribution in [3.05, 3.63) is 22.4 Å². The Morgan fingerprint density at radius 2 is 2.27 bits per heavy atom. The first-order chi connectivity index (χ1) is 5.29. The fourth-order valence-electron chi connectivity index (χ4n) is 1.06. The van der Waals surface area contributed by atoms with Crippen LogP contribution in [0.15, 0.2) is 32.4 Å². The molecule has 0 spiro atoms. The average Bonchev–Trinajstić information content (AvgIpc) is 2.45. The lowest BCUT2D eigenvalue weighted by atomic mass is 10.1. The van der Waals surface area contributed by atoms with Gasteiger partial charge in [-0.1, -0.05) is 11.6 Å². The Kier molecular flexibility index (Phi) is 1.32. The molecular weight excluding hydrogens is 162 g/mol. The van der Waals surface area contributed by atoms with Gasteiger partial charge in [-0.2, -0.15) is 0 Å². The van der Waals surface area contributed by atoms with Crippen LogP contribution in [0.1, 0.15) is 0 Å². The van der Waals surface area contributed by atoms with Crippen molar-refractivity contribution in [3.63, 3.8) is 0 Å². The highest BCUT2D eigenvalue weighted by atomic mass is 35.5. The third-order valence-electron chi connectivity index (χ3n) is 1.66. The molecule has 0 amide bonds. The minimum atomic E-state index is -0.141. The van der Waals surface area contributed by atoms with E-state index >= 15 is 0 Å². The van der Waals surface area contributed by atoms with Crippen molar-refractivity contribution in [2.24, 2.45) is 15.7 Å². The second-order valence-electron chi connectivity index (χ2n) is 2.33. The van der Waals surface area contributed by atoms with Crippen molar-refractivity contribution in [2.45, 2.75) is 6.17 Å². The summed E-state index contributed by atoms with van der Waals surface area (Å²) >= 11 is 5.74. The van der Waals surface area contributed by atoms with Crippen molar-refractivity contribution in [2.75, 3.05) is 0 Å². The molecule has 0 aromatic heterocycles. The van der Waals surface area contributed by atoms with Gasteiger partial charge in [-0.25, -0.2) is 0 Å². The fraction of sp³-hybridized carbons (Fsp3) is 0.143. The van der Waals surface area contributed by atoms with Gasteiger partial charge in [0, 0.05) is 18.0 Å². The van der Waals surface area contributed by atoms with Crippen LogP contribution < -0.4 is 5.73 Å². The molecule has 2 aliphatic rings. The van der Waals surface area contributed by atoms with Crippen molar-refractivity contribution < 1.29 is 0 Å². The molecule has 4 heteroatoms. The van der Waals surface area contributed by atoms with Crippen LogP contribution in [-0.4, -0.2) is 18.6 Å². The van der Waals surface area contributed by atoms with Gasteiger partial charge < -0.3 is 5.73 Å². The van der Waals surface area contributed by atoms with Crippen LogP contribution in [0, 0.1) is 0 Å². The van der Waals surface area contributed by atoms with E-state index in [1.807, 2.05) is 6.08 Å². The zero-order valence-electron chi connectivity index (χ0n) is 5.66. The molecule has 1 atom stereocenters. The number of rotatable bonds is 0. The lowest BCUT2D eigenvalue weighted by Gasteiger charge is -2.13. The Morgan fingerprint density at radius 3 is 3.09 bits per heavy atom. The van der Waals surface area contributed by atoms with E-state index < -0.39 is 0 Å². The van der Waals surface area contributed by atoms with E-state index in [1.54, 1.807) is 12.4 Å². The second kappa shape index (κ2) is 2.20. The number of allylic oxidation sites excluding steroid dienone is 2. The van der Waals surface area contributed by atoms with Gasteiger partial charge in [0.25, 0.3) is 0 Å². The predicted octanol–water partition coefficient (Wildman–Crippen LogP) is 0.817. The quantitative estimate of drug-likeness (QED) is 0.571. The molecule has 0 radical (unpaired) electrons. The minimum Gasteiger partial charge on any atom is -0.397 e. The molecule has 0 fully saturated rings. The van der Waals surface area contributed by atoms with Crippen LogP contribution in [0.3, 0.4) is 0 Å². The minimum absolute atomic E-state index is 0.141. The Hall–Kier alpha value is -1.09. The summed E-state index contributed by atoms with van der Waals surface area (Å²) in [5.74, 6) is 0. The van der Waals surface area contributed by atoms with Gasteiger partial charge in [-0.3, -0.25) is 9.98 Å². The zero-order valence-corrected chi connectivity index (χ0v) is 6.42. The molecule has 0 bridgehead atoms. The molecule has 0 saturated carbocycles. The van der Waals surface area contributed by atoms with Crippen LogP contribution in [0.25, 0.3) is 0 Å². The number of hydrogen-bond acceptors (Lipinski definition) is 3. The molecule has 0 aliphatic carbocycles. The van der Waals surface area contributed by atoms with Crippen molar-refractivity contribution in [1.82, 2.24) is 0 Å². The number of hydrogen-bond donors (Lipinski definition) is 1. The Morgan fingerprint density at radius 1 is 1.45 bits per heavy atom. The van der Waals surface area contributed by atoms with E-state index in [-0.39, 0.29) is 6.17 Å². The Labute approximate surface area is 69.0 Å². The highest BCUT2D eigenvalue weighted by molar-refractivity contribution is 6.40. The zero-order chi connectivity index (χ0) is 7.84. The number of aliphatic imine (C=N–C) groups is 2. The maximum Gasteiger partial charge on any atom is 0.167 e. The summed E-state index contributed by atoms with van der Waals surface area (Å²) in [5.41, 5.74) is 7.16. The van der Waals surface area contributed by atoms with Crippen molar-refractivity contribution in [1.29, 1.82) is 0 Å². The van der Waals surface area contributed by atoms with Crippen LogP contribution in [-0.2, 0) is 0 Å². The lowest BCUT2D eigenvalue weighted by molar-refractivity contribution is 0.842. The molecule has 11 heavy (non-hydrogen) atoms. The smallest absolute Gasteiger partial charge is 0.167 e. The summed E-state index contributed by atoms with van der Waals surface area (Å²) in [6.07, 6.45) is 4.93. The van der Waals surface area contributed by atoms with Gasteiger partial charge >= 0.3 is 0 Å². The van der Waals surface area contributed by atoms with E-state index in [2.05, 4.69) is 9.98 Å². The fourth-order valence-corrected chi connectivity index (χ4v) is 1.23. The van der Waals surface area contributed by atoms with E-state index in [0.717, 1.165) is 5.57 Å². The predicted molar refractivity (Wildman–Crippen MR) is 45.9 cm³/mol. The first-order valence-electron chi connectivity index (χ1n) is 3.21. The molecule has 0 unspecified atom stereocenters. The van der Waals surface area contributed by atoms with E-state index in [4.69, 9.17) is 17.3 Å². The molecule has 3 nitrogen and oxygen atoms in total. The maximum absolute atomic E-state index is 5.74. The molecular formula is C7H6ClN3. The van der Waals surface area contributed by atoms with Gasteiger partial charge in [0.05, 0.1) is 10.7 Å². The van der Waals surface area contributed by atoms with Crippen LogP contribution in [0.4, 0.5) is 0 Å². The summed E-state index contributed by atoms with van der Waals surface area (Å²) in [6.45, 7) is 0. The monoisotopic (exact) mass is 167 g/mol. The van der Waals surface area contributed by atoms with Crippen LogP contribution >= 0.6 is 11.6 Å². The first kappa shape index (κ1) is 6.61. The molecule has 0 saturated heterocycles. The van der Waals surface area contributed by atoms with Gasteiger partial charge in [0.1, 0.15) is 0 Å². The molecule has 0 aromatic rings. The number of dihydropyridines is 1. The standard InChI is InChI=1S/C7H6ClN3/c8-5-3-11-7-4(6(5)9)1-2-10-7/h1-3,7H,9H2/t7-/m0/s1. The van der Waals surface area contributed by atoms with Gasteiger partial charge in [0.15, 0.2) is 6.17 Å². The summed E-state index contributed by atoms with van der Waals surface area (Å²) in [4.78, 5) is 8.12. The largest absolute Gasteiger partial charge is 0.397 e. The average molecular weight is 168 g/mol. The summed E-state index contributed by atoms with van der Waals surface area (Å²) in [7, 11) is 0. The summed E-state index contributed by atoms with van der Waals surface area (Å²) in [6, 6.07) is 0. The normalized spacial score (nSPS) is 27.4. The lowest BCUT2D eigenvalue weighted by Crippen LogP contribution is -2.16. The van der Waals surface area contributed by atoms with Crippen LogP contribution in [0.5, 0.6) is 0 Å². The van der Waals surface area contributed by atoms with Gasteiger partial charge in [-0.05, 0) is 6.08 Å². The molecule has 2 N–H and O–H groups in total.